The third-order valence-corrected chi connectivity index (χ3v) is 3.10. The molecular formula is C13H11ClF3N3O3. The van der Waals surface area contributed by atoms with Crippen molar-refractivity contribution in [1.29, 1.82) is 5.26 Å². The van der Waals surface area contributed by atoms with Gasteiger partial charge in [0.1, 0.15) is 5.92 Å². The van der Waals surface area contributed by atoms with Gasteiger partial charge in [-0.25, -0.2) is 4.79 Å². The highest BCUT2D eigenvalue weighted by molar-refractivity contribution is 6.31. The summed E-state index contributed by atoms with van der Waals surface area (Å²) in [5, 5.41) is 8.63. The first-order valence-corrected chi connectivity index (χ1v) is 6.43. The predicted octanol–water partition coefficient (Wildman–Crippen LogP) is 2.63. The zero-order valence-corrected chi connectivity index (χ0v) is 12.8. The summed E-state index contributed by atoms with van der Waals surface area (Å²) in [6, 6.07) is 2.21. The maximum Gasteiger partial charge on any atom is 0.417 e. The zero-order valence-electron chi connectivity index (χ0n) is 12.0. The van der Waals surface area contributed by atoms with Gasteiger partial charge < -0.3 is 9.64 Å². The molecule has 0 N–H and O–H groups in total. The Balaban J connectivity index is 3.05. The molecule has 0 aromatic carbocycles. The largest absolute Gasteiger partial charge is 0.453 e. The number of nitrogens with zero attached hydrogens (tertiary/aromatic N) is 3. The summed E-state index contributed by atoms with van der Waals surface area (Å²) in [4.78, 5) is 27.7. The van der Waals surface area contributed by atoms with Gasteiger partial charge in [-0.2, -0.15) is 18.4 Å². The summed E-state index contributed by atoms with van der Waals surface area (Å²) in [5.74, 6) is -2.26. The molecular weight excluding hydrogens is 339 g/mol. The van der Waals surface area contributed by atoms with Crippen LogP contribution < -0.4 is 0 Å². The second kappa shape index (κ2) is 7.28. The van der Waals surface area contributed by atoms with Crippen molar-refractivity contribution in [3.05, 3.63) is 28.5 Å². The van der Waals surface area contributed by atoms with Crippen LogP contribution >= 0.6 is 11.6 Å². The first kappa shape index (κ1) is 18.7. The number of carbonyl (C=O) groups excluding carboxylic acids is 2. The number of nitriles is 1. The van der Waals surface area contributed by atoms with Crippen LogP contribution in [0.5, 0.6) is 0 Å². The van der Waals surface area contributed by atoms with Gasteiger partial charge in [0.15, 0.2) is 5.78 Å². The standard InChI is InChI=1S/C13H11ClF3N3O3/c1-20(12(22)23-2)6-10(21)8(4-18)11-9(14)3-7(5-19-11)13(15,16)17/h3,5,8H,6H2,1-2H3/t8-/m1/s1. The van der Waals surface area contributed by atoms with E-state index in [0.29, 0.717) is 12.3 Å². The fourth-order valence-corrected chi connectivity index (χ4v) is 1.92. The van der Waals surface area contributed by atoms with Gasteiger partial charge in [-0.15, -0.1) is 0 Å². The maximum absolute atomic E-state index is 12.6. The van der Waals surface area contributed by atoms with Gasteiger partial charge in [0.25, 0.3) is 0 Å². The van der Waals surface area contributed by atoms with E-state index in [-0.39, 0.29) is 5.69 Å². The van der Waals surface area contributed by atoms with Crippen LogP contribution in [0.15, 0.2) is 12.3 Å². The van der Waals surface area contributed by atoms with Crippen LogP contribution in [-0.2, 0) is 15.7 Å². The molecule has 0 aliphatic carbocycles. The first-order valence-electron chi connectivity index (χ1n) is 6.05. The molecule has 0 radical (unpaired) electrons. The van der Waals surface area contributed by atoms with Gasteiger partial charge in [-0.1, -0.05) is 11.6 Å². The Hall–Kier alpha value is -2.34. The maximum atomic E-state index is 12.6. The Bertz CT molecular complexity index is 658. The highest BCUT2D eigenvalue weighted by atomic mass is 35.5. The lowest BCUT2D eigenvalue weighted by atomic mass is 10.00. The number of rotatable bonds is 4. The van der Waals surface area contributed by atoms with Gasteiger partial charge in [0.2, 0.25) is 0 Å². The molecule has 1 aromatic heterocycles. The average molecular weight is 350 g/mol. The van der Waals surface area contributed by atoms with E-state index in [1.165, 1.54) is 7.05 Å². The van der Waals surface area contributed by atoms with Crippen LogP contribution in [0.3, 0.4) is 0 Å². The molecule has 1 rings (SSSR count). The van der Waals surface area contributed by atoms with E-state index in [1.807, 2.05) is 0 Å². The Morgan fingerprint density at radius 3 is 2.57 bits per heavy atom. The molecule has 10 heteroatoms. The van der Waals surface area contributed by atoms with E-state index in [1.54, 1.807) is 6.07 Å². The van der Waals surface area contributed by atoms with E-state index in [9.17, 15) is 22.8 Å². The highest BCUT2D eigenvalue weighted by Crippen LogP contribution is 2.33. The normalized spacial score (nSPS) is 12.2. The molecule has 0 aliphatic rings. The SMILES string of the molecule is COC(=O)N(C)CC(=O)[C@@H](C#N)c1ncc(C(F)(F)F)cc1Cl. The van der Waals surface area contributed by atoms with E-state index < -0.39 is 41.1 Å². The number of likely N-dealkylation sites (N-methyl/N-ethyl adjacent to an activating group) is 1. The minimum absolute atomic E-state index is 0.301. The third kappa shape index (κ3) is 4.56. The Kier molecular flexibility index (Phi) is 5.92. The number of ether oxygens (including phenoxy) is 1. The zero-order chi connectivity index (χ0) is 17.8. The lowest BCUT2D eigenvalue weighted by Crippen LogP contribution is -2.34. The molecule has 1 amide bonds. The Labute approximate surface area is 134 Å². The number of hydrogen-bond donors (Lipinski definition) is 0. The van der Waals surface area contributed by atoms with Crippen LogP contribution in [0, 0.1) is 11.3 Å². The average Bonchev–Trinajstić information content (AvgIpc) is 2.47. The molecule has 0 fully saturated rings. The third-order valence-electron chi connectivity index (χ3n) is 2.80. The van der Waals surface area contributed by atoms with Crippen LogP contribution in [0.1, 0.15) is 17.2 Å². The summed E-state index contributed by atoms with van der Waals surface area (Å²) in [6.45, 7) is -0.482. The molecule has 0 bridgehead atoms. The minimum atomic E-state index is -4.65. The van der Waals surface area contributed by atoms with Crippen molar-refractivity contribution in [2.75, 3.05) is 20.7 Å². The summed E-state index contributed by atoms with van der Waals surface area (Å²) < 4.78 is 42.1. The molecule has 1 heterocycles. The number of alkyl halides is 3. The smallest absolute Gasteiger partial charge is 0.417 e. The lowest BCUT2D eigenvalue weighted by molar-refractivity contribution is -0.137. The van der Waals surface area contributed by atoms with E-state index in [2.05, 4.69) is 9.72 Å². The first-order chi connectivity index (χ1) is 10.6. The van der Waals surface area contributed by atoms with Crippen molar-refractivity contribution in [2.45, 2.75) is 12.1 Å². The van der Waals surface area contributed by atoms with Crippen LogP contribution in [0.2, 0.25) is 5.02 Å². The molecule has 124 valence electrons. The van der Waals surface area contributed by atoms with E-state index in [4.69, 9.17) is 16.9 Å². The Morgan fingerprint density at radius 1 is 1.52 bits per heavy atom. The summed E-state index contributed by atoms with van der Waals surface area (Å²) in [7, 11) is 2.37. The number of Topliss-reactive ketones (excluding diaryl/α,β-unsaturated/α-hetero) is 1. The molecule has 1 atom stereocenters. The quantitative estimate of drug-likeness (QED) is 0.834. The Morgan fingerprint density at radius 2 is 2.13 bits per heavy atom. The van der Waals surface area contributed by atoms with Crippen LogP contribution in [0.25, 0.3) is 0 Å². The van der Waals surface area contributed by atoms with Crippen molar-refractivity contribution >= 4 is 23.5 Å². The number of aromatic nitrogens is 1. The molecule has 0 spiro atoms. The van der Waals surface area contributed by atoms with Gasteiger partial charge in [-0.3, -0.25) is 9.78 Å². The van der Waals surface area contributed by atoms with Gasteiger partial charge in [0.05, 0.1) is 36.0 Å². The highest BCUT2D eigenvalue weighted by Gasteiger charge is 2.33. The number of halogens is 4. The van der Waals surface area contributed by atoms with Crippen molar-refractivity contribution in [3.63, 3.8) is 0 Å². The fourth-order valence-electron chi connectivity index (χ4n) is 1.65. The molecule has 0 unspecified atom stereocenters. The fraction of sp³-hybridized carbons (Fsp3) is 0.385. The number of amides is 1. The molecule has 23 heavy (non-hydrogen) atoms. The summed E-state index contributed by atoms with van der Waals surface area (Å²) >= 11 is 5.71. The van der Waals surface area contributed by atoms with Crippen molar-refractivity contribution < 1.29 is 27.5 Å². The predicted molar refractivity (Wildman–Crippen MR) is 72.6 cm³/mol. The molecule has 1 aromatic rings. The molecule has 6 nitrogen and oxygen atoms in total. The number of pyridine rings is 1. The van der Waals surface area contributed by atoms with Crippen molar-refractivity contribution in [1.82, 2.24) is 9.88 Å². The van der Waals surface area contributed by atoms with Crippen molar-refractivity contribution in [2.24, 2.45) is 0 Å². The monoisotopic (exact) mass is 349 g/mol. The molecule has 0 saturated heterocycles. The van der Waals surface area contributed by atoms with Crippen LogP contribution in [-0.4, -0.2) is 42.5 Å². The van der Waals surface area contributed by atoms with Crippen molar-refractivity contribution in [3.8, 4) is 6.07 Å². The molecule has 0 aliphatic heterocycles. The second-order valence-electron chi connectivity index (χ2n) is 4.44. The molecule has 0 saturated carbocycles. The van der Waals surface area contributed by atoms with Gasteiger partial charge in [0, 0.05) is 13.2 Å². The topological polar surface area (TPSA) is 83.3 Å². The number of hydrogen-bond acceptors (Lipinski definition) is 5. The van der Waals surface area contributed by atoms with Gasteiger partial charge >= 0.3 is 12.3 Å². The summed E-state index contributed by atoms with van der Waals surface area (Å²) in [6.07, 6.45) is -4.96. The van der Waals surface area contributed by atoms with Crippen LogP contribution in [0.4, 0.5) is 18.0 Å². The van der Waals surface area contributed by atoms with Gasteiger partial charge in [-0.05, 0) is 6.07 Å². The number of methoxy groups -OCH3 is 1. The number of carbonyl (C=O) groups is 2. The second-order valence-corrected chi connectivity index (χ2v) is 4.85. The lowest BCUT2D eigenvalue weighted by Gasteiger charge is -2.17. The van der Waals surface area contributed by atoms with E-state index >= 15 is 0 Å². The van der Waals surface area contributed by atoms with E-state index in [0.717, 1.165) is 12.0 Å². The number of ketones is 1. The minimum Gasteiger partial charge on any atom is -0.453 e. The summed E-state index contributed by atoms with van der Waals surface area (Å²) in [5.41, 5.74) is -1.40.